The van der Waals surface area contributed by atoms with Crippen molar-refractivity contribution in [2.75, 3.05) is 7.11 Å². The van der Waals surface area contributed by atoms with E-state index in [1.165, 1.54) is 3.57 Å². The molecule has 0 saturated heterocycles. The van der Waals surface area contributed by atoms with Crippen molar-refractivity contribution in [2.24, 2.45) is 0 Å². The Kier molecular flexibility index (Phi) is 5.04. The zero-order valence-corrected chi connectivity index (χ0v) is 12.8. The van der Waals surface area contributed by atoms with Crippen LogP contribution >= 0.6 is 22.6 Å². The standard InChI is InChI=1S/C15H15IO3/c1-18-14-4-2-3-12(9-17)15(14)19-10-11-5-7-13(16)8-6-11/h2-8,17H,9-10H2,1H3. The highest BCUT2D eigenvalue weighted by Gasteiger charge is 2.09. The second kappa shape index (κ2) is 6.77. The van der Waals surface area contributed by atoms with E-state index in [0.717, 1.165) is 11.1 Å². The first-order valence-corrected chi connectivity index (χ1v) is 6.96. The van der Waals surface area contributed by atoms with Crippen molar-refractivity contribution in [1.29, 1.82) is 0 Å². The molecule has 4 heteroatoms. The Morgan fingerprint density at radius 1 is 1.11 bits per heavy atom. The summed E-state index contributed by atoms with van der Waals surface area (Å²) in [5.41, 5.74) is 1.81. The zero-order valence-electron chi connectivity index (χ0n) is 10.6. The maximum Gasteiger partial charge on any atom is 0.167 e. The van der Waals surface area contributed by atoms with Crippen molar-refractivity contribution in [1.82, 2.24) is 0 Å². The molecule has 2 aromatic rings. The van der Waals surface area contributed by atoms with Gasteiger partial charge in [-0.25, -0.2) is 0 Å². The number of para-hydroxylation sites is 1. The summed E-state index contributed by atoms with van der Waals surface area (Å²) in [5.74, 6) is 1.24. The number of aliphatic hydroxyl groups is 1. The fourth-order valence-electron chi connectivity index (χ4n) is 1.75. The van der Waals surface area contributed by atoms with Gasteiger partial charge in [-0.1, -0.05) is 24.3 Å². The van der Waals surface area contributed by atoms with Crippen LogP contribution in [0, 0.1) is 3.57 Å². The number of aliphatic hydroxyl groups excluding tert-OH is 1. The van der Waals surface area contributed by atoms with E-state index in [1.807, 2.05) is 42.5 Å². The highest BCUT2D eigenvalue weighted by atomic mass is 127. The van der Waals surface area contributed by atoms with E-state index < -0.39 is 0 Å². The fraction of sp³-hybridized carbons (Fsp3) is 0.200. The molecule has 0 unspecified atom stereocenters. The van der Waals surface area contributed by atoms with Gasteiger partial charge in [-0.2, -0.15) is 0 Å². The molecule has 0 fully saturated rings. The van der Waals surface area contributed by atoms with Gasteiger partial charge in [-0.3, -0.25) is 0 Å². The van der Waals surface area contributed by atoms with Gasteiger partial charge in [-0.05, 0) is 46.4 Å². The van der Waals surface area contributed by atoms with E-state index >= 15 is 0 Å². The minimum Gasteiger partial charge on any atom is -0.493 e. The minimum atomic E-state index is -0.0702. The monoisotopic (exact) mass is 370 g/mol. The largest absolute Gasteiger partial charge is 0.493 e. The zero-order chi connectivity index (χ0) is 13.7. The first-order chi connectivity index (χ1) is 9.24. The molecule has 0 spiro atoms. The van der Waals surface area contributed by atoms with Crippen molar-refractivity contribution < 1.29 is 14.6 Å². The van der Waals surface area contributed by atoms with E-state index in [1.54, 1.807) is 7.11 Å². The highest BCUT2D eigenvalue weighted by Crippen LogP contribution is 2.31. The van der Waals surface area contributed by atoms with Gasteiger partial charge >= 0.3 is 0 Å². The minimum absolute atomic E-state index is 0.0702. The summed E-state index contributed by atoms with van der Waals surface area (Å²) in [6, 6.07) is 13.6. The molecule has 0 saturated carbocycles. The van der Waals surface area contributed by atoms with Crippen LogP contribution in [0.25, 0.3) is 0 Å². The molecule has 3 nitrogen and oxygen atoms in total. The molecular weight excluding hydrogens is 355 g/mol. The molecule has 0 radical (unpaired) electrons. The van der Waals surface area contributed by atoms with Gasteiger partial charge in [0, 0.05) is 9.13 Å². The summed E-state index contributed by atoms with van der Waals surface area (Å²) in [4.78, 5) is 0. The molecule has 2 aromatic carbocycles. The molecule has 0 aliphatic rings. The van der Waals surface area contributed by atoms with Crippen molar-refractivity contribution in [3.05, 3.63) is 57.2 Å². The first kappa shape index (κ1) is 14.1. The number of methoxy groups -OCH3 is 1. The molecule has 0 aliphatic carbocycles. The van der Waals surface area contributed by atoms with Gasteiger partial charge in [0.25, 0.3) is 0 Å². The van der Waals surface area contributed by atoms with Crippen LogP contribution < -0.4 is 9.47 Å². The number of hydrogen-bond acceptors (Lipinski definition) is 3. The Hall–Kier alpha value is -1.27. The van der Waals surface area contributed by atoms with Crippen LogP contribution in [0.5, 0.6) is 11.5 Å². The smallest absolute Gasteiger partial charge is 0.167 e. The van der Waals surface area contributed by atoms with E-state index in [2.05, 4.69) is 22.6 Å². The van der Waals surface area contributed by atoms with Gasteiger partial charge in [0.15, 0.2) is 11.5 Å². The summed E-state index contributed by atoms with van der Waals surface area (Å²) in [7, 11) is 1.59. The van der Waals surface area contributed by atoms with Crippen molar-refractivity contribution in [3.63, 3.8) is 0 Å². The summed E-state index contributed by atoms with van der Waals surface area (Å²) in [6.07, 6.45) is 0. The molecule has 0 bridgehead atoms. The lowest BCUT2D eigenvalue weighted by molar-refractivity contribution is 0.250. The third kappa shape index (κ3) is 3.61. The SMILES string of the molecule is COc1cccc(CO)c1OCc1ccc(I)cc1. The van der Waals surface area contributed by atoms with Crippen LogP contribution in [-0.2, 0) is 13.2 Å². The second-order valence-corrected chi connectivity index (χ2v) is 5.27. The molecule has 0 heterocycles. The van der Waals surface area contributed by atoms with Crippen LogP contribution in [0.1, 0.15) is 11.1 Å². The average Bonchev–Trinajstić information content (AvgIpc) is 2.46. The Morgan fingerprint density at radius 3 is 2.47 bits per heavy atom. The molecule has 2 rings (SSSR count). The lowest BCUT2D eigenvalue weighted by atomic mass is 10.2. The number of halogens is 1. The molecule has 0 aromatic heterocycles. The van der Waals surface area contributed by atoms with Crippen molar-refractivity contribution in [2.45, 2.75) is 13.2 Å². The summed E-state index contributed by atoms with van der Waals surface area (Å²) in [6.45, 7) is 0.378. The quantitative estimate of drug-likeness (QED) is 0.821. The summed E-state index contributed by atoms with van der Waals surface area (Å²) < 4.78 is 12.2. The van der Waals surface area contributed by atoms with Crippen LogP contribution in [0.2, 0.25) is 0 Å². The van der Waals surface area contributed by atoms with E-state index in [4.69, 9.17) is 9.47 Å². The molecular formula is C15H15IO3. The Balaban J connectivity index is 2.16. The van der Waals surface area contributed by atoms with Gasteiger partial charge in [-0.15, -0.1) is 0 Å². The normalized spacial score (nSPS) is 10.3. The van der Waals surface area contributed by atoms with E-state index in [9.17, 15) is 5.11 Å². The third-order valence-electron chi connectivity index (χ3n) is 2.75. The Bertz CT molecular complexity index is 515. The maximum absolute atomic E-state index is 9.34. The molecule has 0 atom stereocenters. The lowest BCUT2D eigenvalue weighted by Crippen LogP contribution is -2.01. The van der Waals surface area contributed by atoms with E-state index in [-0.39, 0.29) is 6.61 Å². The third-order valence-corrected chi connectivity index (χ3v) is 3.47. The molecule has 0 amide bonds. The van der Waals surface area contributed by atoms with Crippen LogP contribution in [0.4, 0.5) is 0 Å². The van der Waals surface area contributed by atoms with Crippen LogP contribution in [0.15, 0.2) is 42.5 Å². The average molecular weight is 370 g/mol. The predicted octanol–water partition coefficient (Wildman–Crippen LogP) is 3.37. The van der Waals surface area contributed by atoms with Crippen LogP contribution in [0.3, 0.4) is 0 Å². The van der Waals surface area contributed by atoms with Gasteiger partial charge < -0.3 is 14.6 Å². The molecule has 0 aliphatic heterocycles. The molecule has 19 heavy (non-hydrogen) atoms. The number of ether oxygens (including phenoxy) is 2. The summed E-state index contributed by atoms with van der Waals surface area (Å²) in [5, 5.41) is 9.34. The van der Waals surface area contributed by atoms with Crippen molar-refractivity contribution in [3.8, 4) is 11.5 Å². The topological polar surface area (TPSA) is 38.7 Å². The number of hydrogen-bond donors (Lipinski definition) is 1. The Labute approximate surface area is 126 Å². The molecule has 1 N–H and O–H groups in total. The number of rotatable bonds is 5. The molecule has 100 valence electrons. The van der Waals surface area contributed by atoms with Crippen molar-refractivity contribution >= 4 is 22.6 Å². The van der Waals surface area contributed by atoms with Gasteiger partial charge in [0.1, 0.15) is 6.61 Å². The lowest BCUT2D eigenvalue weighted by Gasteiger charge is -2.14. The van der Waals surface area contributed by atoms with Crippen LogP contribution in [-0.4, -0.2) is 12.2 Å². The summed E-state index contributed by atoms with van der Waals surface area (Å²) >= 11 is 2.27. The number of benzene rings is 2. The fourth-order valence-corrected chi connectivity index (χ4v) is 2.11. The predicted molar refractivity (Wildman–Crippen MR) is 82.4 cm³/mol. The van der Waals surface area contributed by atoms with Gasteiger partial charge in [0.2, 0.25) is 0 Å². The maximum atomic E-state index is 9.34. The van der Waals surface area contributed by atoms with Gasteiger partial charge in [0.05, 0.1) is 13.7 Å². The highest BCUT2D eigenvalue weighted by molar-refractivity contribution is 14.1. The second-order valence-electron chi connectivity index (χ2n) is 4.02. The Morgan fingerprint density at radius 2 is 1.84 bits per heavy atom. The van der Waals surface area contributed by atoms with E-state index in [0.29, 0.717) is 18.1 Å². The first-order valence-electron chi connectivity index (χ1n) is 5.88.